The van der Waals surface area contributed by atoms with Gasteiger partial charge in [0.1, 0.15) is 0 Å². The van der Waals surface area contributed by atoms with Crippen molar-refractivity contribution >= 4 is 0 Å². The first-order chi connectivity index (χ1) is 10.8. The molecule has 0 aromatic heterocycles. The van der Waals surface area contributed by atoms with Crippen molar-refractivity contribution in [3.05, 3.63) is 35.5 Å². The lowest BCUT2D eigenvalue weighted by atomic mass is 9.68. The van der Waals surface area contributed by atoms with Crippen molar-refractivity contribution in [3.8, 4) is 0 Å². The Balaban J connectivity index is 1.82. The van der Waals surface area contributed by atoms with Crippen molar-refractivity contribution in [2.24, 2.45) is 23.7 Å². The highest BCUT2D eigenvalue weighted by molar-refractivity contribution is 5.41. The zero-order valence-electron chi connectivity index (χ0n) is 14.6. The Bertz CT molecular complexity index is 399. The van der Waals surface area contributed by atoms with Gasteiger partial charge in [-0.1, -0.05) is 76.2 Å². The molecule has 2 fully saturated rings. The number of rotatable bonds is 4. The van der Waals surface area contributed by atoms with Gasteiger partial charge in [-0.05, 0) is 61.0 Å². The second-order valence-corrected chi connectivity index (χ2v) is 7.91. The van der Waals surface area contributed by atoms with Crippen LogP contribution in [0.25, 0.3) is 0 Å². The molecular weight excluding hydrogens is 264 g/mol. The van der Waals surface area contributed by atoms with Crippen LogP contribution in [0.3, 0.4) is 0 Å². The molecule has 1 radical (unpaired) electrons. The van der Waals surface area contributed by atoms with Gasteiger partial charge in [0.2, 0.25) is 0 Å². The largest absolute Gasteiger partial charge is 0.0610 e. The van der Waals surface area contributed by atoms with Gasteiger partial charge in [0.05, 0.1) is 0 Å². The monoisotopic (exact) mass is 297 g/mol. The summed E-state index contributed by atoms with van der Waals surface area (Å²) in [6.07, 6.45) is 24.6. The highest BCUT2D eigenvalue weighted by Crippen LogP contribution is 2.43. The van der Waals surface area contributed by atoms with Crippen LogP contribution in [-0.2, 0) is 0 Å². The molecule has 0 saturated heterocycles. The molecule has 2 unspecified atom stereocenters. The zero-order valence-corrected chi connectivity index (χ0v) is 14.6. The van der Waals surface area contributed by atoms with E-state index in [4.69, 9.17) is 0 Å². The molecular formula is C22H33. The van der Waals surface area contributed by atoms with Crippen LogP contribution < -0.4 is 0 Å². The molecule has 2 saturated carbocycles. The Kier molecular flexibility index (Phi) is 5.61. The first kappa shape index (κ1) is 16.1. The average Bonchev–Trinajstić information content (AvgIpc) is 3.10. The Morgan fingerprint density at radius 1 is 0.864 bits per heavy atom. The summed E-state index contributed by atoms with van der Waals surface area (Å²) < 4.78 is 0. The van der Waals surface area contributed by atoms with Gasteiger partial charge in [0.15, 0.2) is 0 Å². The molecule has 0 heterocycles. The van der Waals surface area contributed by atoms with Crippen LogP contribution >= 0.6 is 0 Å². The van der Waals surface area contributed by atoms with E-state index < -0.39 is 0 Å². The summed E-state index contributed by atoms with van der Waals surface area (Å²) in [5.41, 5.74) is 3.17. The Morgan fingerprint density at radius 3 is 1.77 bits per heavy atom. The van der Waals surface area contributed by atoms with Crippen LogP contribution in [0, 0.1) is 29.7 Å². The molecule has 0 nitrogen and oxygen atoms in total. The fourth-order valence-electron chi connectivity index (χ4n) is 5.19. The lowest BCUT2D eigenvalue weighted by Crippen LogP contribution is -2.26. The number of allylic oxidation sites excluding steroid dienone is 6. The maximum atomic E-state index is 3.54. The van der Waals surface area contributed by atoms with Gasteiger partial charge < -0.3 is 0 Å². The molecule has 0 heteroatoms. The van der Waals surface area contributed by atoms with E-state index >= 15 is 0 Å². The highest BCUT2D eigenvalue weighted by Gasteiger charge is 2.31. The van der Waals surface area contributed by atoms with Gasteiger partial charge in [-0.15, -0.1) is 0 Å². The van der Waals surface area contributed by atoms with Crippen LogP contribution in [0.2, 0.25) is 0 Å². The molecule has 0 aromatic rings. The number of hydrogen-bond donors (Lipinski definition) is 0. The second kappa shape index (κ2) is 7.66. The first-order valence-corrected chi connectivity index (χ1v) is 9.78. The van der Waals surface area contributed by atoms with Gasteiger partial charge in [0, 0.05) is 0 Å². The van der Waals surface area contributed by atoms with E-state index in [9.17, 15) is 0 Å². The Hall–Kier alpha value is -0.780. The molecule has 0 N–H and O–H groups in total. The molecule has 0 aromatic carbocycles. The van der Waals surface area contributed by atoms with Crippen molar-refractivity contribution in [1.82, 2.24) is 0 Å². The highest BCUT2D eigenvalue weighted by atomic mass is 14.4. The van der Waals surface area contributed by atoms with Crippen molar-refractivity contribution < 1.29 is 0 Å². The van der Waals surface area contributed by atoms with Crippen molar-refractivity contribution in [3.63, 3.8) is 0 Å². The minimum atomic E-state index is 0.746. The van der Waals surface area contributed by atoms with Gasteiger partial charge >= 0.3 is 0 Å². The normalized spacial score (nSPS) is 26.4. The second-order valence-electron chi connectivity index (χ2n) is 7.91. The summed E-state index contributed by atoms with van der Waals surface area (Å²) in [6.45, 7) is 5.04. The fraction of sp³-hybridized carbons (Fsp3) is 0.727. The molecule has 0 bridgehead atoms. The predicted octanol–water partition coefficient (Wildman–Crippen LogP) is 6.64. The summed E-state index contributed by atoms with van der Waals surface area (Å²) in [5.74, 6) is 3.32. The maximum Gasteiger partial charge on any atom is -0.0106 e. The molecule has 0 amide bonds. The molecule has 3 aliphatic carbocycles. The van der Waals surface area contributed by atoms with Crippen LogP contribution in [0.4, 0.5) is 0 Å². The lowest BCUT2D eigenvalue weighted by molar-refractivity contribution is 0.237. The molecule has 121 valence electrons. The Labute approximate surface area is 137 Å². The lowest BCUT2D eigenvalue weighted by Gasteiger charge is -2.37. The SMILES string of the molecule is CC(C(=C1[C]=CC=C1)C(C)C1CCCCC1)C1CCCCC1. The smallest absolute Gasteiger partial charge is 0.0106 e. The molecule has 22 heavy (non-hydrogen) atoms. The third-order valence-corrected chi connectivity index (χ3v) is 6.60. The zero-order chi connectivity index (χ0) is 15.4. The standard InChI is InChI=1S/C22H33/c1-17(19-11-5-3-6-12-19)22(21-15-9-10-16-21)18(2)20-13-7-4-8-14-20/h9-10,15,17-20H,3-8,11-14H2,1-2H3. The van der Waals surface area contributed by atoms with E-state index in [0.29, 0.717) is 0 Å². The van der Waals surface area contributed by atoms with Gasteiger partial charge in [-0.3, -0.25) is 0 Å². The topological polar surface area (TPSA) is 0 Å². The van der Waals surface area contributed by atoms with Crippen LogP contribution in [0.15, 0.2) is 29.4 Å². The van der Waals surface area contributed by atoms with Crippen molar-refractivity contribution in [2.75, 3.05) is 0 Å². The van der Waals surface area contributed by atoms with Crippen molar-refractivity contribution in [1.29, 1.82) is 0 Å². The third kappa shape index (κ3) is 3.58. The van der Waals surface area contributed by atoms with Crippen LogP contribution in [-0.4, -0.2) is 0 Å². The van der Waals surface area contributed by atoms with Gasteiger partial charge in [-0.25, -0.2) is 0 Å². The van der Waals surface area contributed by atoms with E-state index in [1.165, 1.54) is 69.8 Å². The Morgan fingerprint density at radius 2 is 1.36 bits per heavy atom. The van der Waals surface area contributed by atoms with E-state index in [1.807, 2.05) is 0 Å². The summed E-state index contributed by atoms with van der Waals surface area (Å²) in [5, 5.41) is 0. The van der Waals surface area contributed by atoms with E-state index in [0.717, 1.165) is 23.7 Å². The maximum absolute atomic E-state index is 3.54. The van der Waals surface area contributed by atoms with Crippen LogP contribution in [0.1, 0.15) is 78.1 Å². The predicted molar refractivity (Wildman–Crippen MR) is 95.5 cm³/mol. The minimum Gasteiger partial charge on any atom is -0.0610 e. The quantitative estimate of drug-likeness (QED) is 0.545. The summed E-state index contributed by atoms with van der Waals surface area (Å²) in [7, 11) is 0. The average molecular weight is 298 g/mol. The van der Waals surface area contributed by atoms with Crippen LogP contribution in [0.5, 0.6) is 0 Å². The van der Waals surface area contributed by atoms with Crippen molar-refractivity contribution in [2.45, 2.75) is 78.1 Å². The van der Waals surface area contributed by atoms with Gasteiger partial charge in [0.25, 0.3) is 0 Å². The van der Waals surface area contributed by atoms with E-state index in [2.05, 4.69) is 38.2 Å². The fourth-order valence-corrected chi connectivity index (χ4v) is 5.19. The van der Waals surface area contributed by atoms with E-state index in [-0.39, 0.29) is 0 Å². The first-order valence-electron chi connectivity index (χ1n) is 9.78. The molecule has 0 aliphatic heterocycles. The number of hydrogen-bond acceptors (Lipinski definition) is 0. The summed E-state index contributed by atoms with van der Waals surface area (Å²) in [4.78, 5) is 0. The molecule has 3 rings (SSSR count). The molecule has 2 atom stereocenters. The molecule has 0 spiro atoms. The van der Waals surface area contributed by atoms with E-state index in [1.54, 1.807) is 5.57 Å². The van der Waals surface area contributed by atoms with Gasteiger partial charge in [-0.2, -0.15) is 0 Å². The summed E-state index contributed by atoms with van der Waals surface area (Å²) >= 11 is 0. The third-order valence-electron chi connectivity index (χ3n) is 6.60. The summed E-state index contributed by atoms with van der Waals surface area (Å²) in [6, 6.07) is 0. The minimum absolute atomic E-state index is 0.746. The molecule has 3 aliphatic rings.